The number of ketones is 1. The summed E-state index contributed by atoms with van der Waals surface area (Å²) in [6.07, 6.45) is 16.5. The van der Waals surface area contributed by atoms with Gasteiger partial charge in [-0.25, -0.2) is 9.97 Å². The standard InChI is InChI=1S/C27H40N2O2/c1-4-6-7-8-9-10-13-23-19-28-27(29-20-23)24-15-17-26(18-16-24)31-21-25(30)14-11-12-22(3)5-2/h15-20,22H,4-14,21H2,1-3H3/t22-/m0/s1. The molecule has 170 valence electrons. The molecular weight excluding hydrogens is 384 g/mol. The Morgan fingerprint density at radius 1 is 0.935 bits per heavy atom. The van der Waals surface area contributed by atoms with E-state index in [1.54, 1.807) is 0 Å². The molecule has 31 heavy (non-hydrogen) atoms. The first-order valence-corrected chi connectivity index (χ1v) is 12.2. The maximum atomic E-state index is 12.0. The maximum absolute atomic E-state index is 12.0. The van der Waals surface area contributed by atoms with E-state index in [2.05, 4.69) is 30.7 Å². The number of hydrogen-bond acceptors (Lipinski definition) is 4. The Kier molecular flexibility index (Phi) is 11.9. The lowest BCUT2D eigenvalue weighted by Gasteiger charge is -2.09. The van der Waals surface area contributed by atoms with Crippen LogP contribution in [0, 0.1) is 5.92 Å². The summed E-state index contributed by atoms with van der Waals surface area (Å²) in [6, 6.07) is 7.67. The van der Waals surface area contributed by atoms with E-state index >= 15 is 0 Å². The number of Topliss-reactive ketones (excluding diaryl/α,β-unsaturated/α-hetero) is 1. The summed E-state index contributed by atoms with van der Waals surface area (Å²) in [4.78, 5) is 21.1. The molecule has 0 bridgehead atoms. The van der Waals surface area contributed by atoms with E-state index in [4.69, 9.17) is 4.74 Å². The molecule has 0 aliphatic rings. The quantitative estimate of drug-likeness (QED) is 0.267. The van der Waals surface area contributed by atoms with Gasteiger partial charge in [-0.05, 0) is 55.0 Å². The van der Waals surface area contributed by atoms with Crippen LogP contribution >= 0.6 is 0 Å². The third-order valence-electron chi connectivity index (χ3n) is 5.89. The zero-order chi connectivity index (χ0) is 22.3. The normalized spacial score (nSPS) is 12.0. The van der Waals surface area contributed by atoms with Gasteiger partial charge in [0.05, 0.1) is 0 Å². The molecule has 1 heterocycles. The molecule has 0 saturated carbocycles. The fraction of sp³-hybridized carbons (Fsp3) is 0.593. The first-order valence-electron chi connectivity index (χ1n) is 12.2. The monoisotopic (exact) mass is 424 g/mol. The molecule has 0 fully saturated rings. The first-order chi connectivity index (χ1) is 15.1. The molecule has 0 aliphatic carbocycles. The molecule has 4 heteroatoms. The Balaban J connectivity index is 1.72. The molecule has 2 rings (SSSR count). The minimum atomic E-state index is 0.142. The number of aromatic nitrogens is 2. The molecule has 2 aromatic rings. The number of hydrogen-bond donors (Lipinski definition) is 0. The number of ether oxygens (including phenoxy) is 1. The van der Waals surface area contributed by atoms with Crippen molar-refractivity contribution in [3.63, 3.8) is 0 Å². The molecule has 1 atom stereocenters. The topological polar surface area (TPSA) is 52.1 Å². The first kappa shape index (κ1) is 25.0. The van der Waals surface area contributed by atoms with Gasteiger partial charge in [0, 0.05) is 24.4 Å². The number of benzene rings is 1. The van der Waals surface area contributed by atoms with E-state index in [0.29, 0.717) is 18.1 Å². The van der Waals surface area contributed by atoms with E-state index in [0.717, 1.165) is 30.7 Å². The van der Waals surface area contributed by atoms with Gasteiger partial charge >= 0.3 is 0 Å². The van der Waals surface area contributed by atoms with Gasteiger partial charge in [-0.1, -0.05) is 65.7 Å². The Hall–Kier alpha value is -2.23. The number of rotatable bonds is 16. The van der Waals surface area contributed by atoms with Crippen molar-refractivity contribution in [1.29, 1.82) is 0 Å². The van der Waals surface area contributed by atoms with Crippen LogP contribution in [0.5, 0.6) is 5.75 Å². The van der Waals surface area contributed by atoms with Gasteiger partial charge in [0.15, 0.2) is 11.6 Å². The van der Waals surface area contributed by atoms with Crippen molar-refractivity contribution in [2.45, 2.75) is 91.4 Å². The zero-order valence-electron chi connectivity index (χ0n) is 19.7. The summed E-state index contributed by atoms with van der Waals surface area (Å²) in [5.74, 6) is 2.28. The molecule has 0 radical (unpaired) electrons. The lowest BCUT2D eigenvalue weighted by atomic mass is 10.0. The largest absolute Gasteiger partial charge is 0.486 e. The van der Waals surface area contributed by atoms with Crippen LogP contribution in [0.1, 0.15) is 90.5 Å². The summed E-state index contributed by atoms with van der Waals surface area (Å²) >= 11 is 0. The van der Waals surface area contributed by atoms with Crippen molar-refractivity contribution in [3.05, 3.63) is 42.2 Å². The number of aryl methyl sites for hydroxylation is 1. The third-order valence-corrected chi connectivity index (χ3v) is 5.89. The molecule has 0 aliphatic heterocycles. The van der Waals surface area contributed by atoms with Crippen LogP contribution in [0.3, 0.4) is 0 Å². The van der Waals surface area contributed by atoms with Gasteiger partial charge in [0.2, 0.25) is 0 Å². The Morgan fingerprint density at radius 3 is 2.29 bits per heavy atom. The number of unbranched alkanes of at least 4 members (excludes halogenated alkanes) is 5. The summed E-state index contributed by atoms with van der Waals surface area (Å²) in [5, 5.41) is 0. The fourth-order valence-corrected chi connectivity index (χ4v) is 3.53. The van der Waals surface area contributed by atoms with Gasteiger partial charge < -0.3 is 4.74 Å². The zero-order valence-corrected chi connectivity index (χ0v) is 19.7. The average molecular weight is 425 g/mol. The predicted octanol–water partition coefficient (Wildman–Crippen LogP) is 7.21. The second-order valence-corrected chi connectivity index (χ2v) is 8.69. The van der Waals surface area contributed by atoms with E-state index in [1.807, 2.05) is 36.7 Å². The Bertz CT molecular complexity index is 741. The van der Waals surface area contributed by atoms with Crippen LogP contribution < -0.4 is 4.74 Å². The minimum absolute atomic E-state index is 0.142. The van der Waals surface area contributed by atoms with Gasteiger partial charge in [-0.15, -0.1) is 0 Å². The van der Waals surface area contributed by atoms with Crippen molar-refractivity contribution in [1.82, 2.24) is 9.97 Å². The third kappa shape index (κ3) is 10.1. The van der Waals surface area contributed by atoms with Gasteiger partial charge in [0.1, 0.15) is 12.4 Å². The van der Waals surface area contributed by atoms with Crippen LogP contribution in [-0.2, 0) is 11.2 Å². The molecule has 0 N–H and O–H groups in total. The fourth-order valence-electron chi connectivity index (χ4n) is 3.53. The highest BCUT2D eigenvalue weighted by molar-refractivity contribution is 5.79. The van der Waals surface area contributed by atoms with Crippen molar-refractivity contribution in [3.8, 4) is 17.1 Å². The van der Waals surface area contributed by atoms with Crippen LogP contribution in [0.15, 0.2) is 36.7 Å². The second kappa shape index (κ2) is 14.7. The molecular formula is C27H40N2O2. The van der Waals surface area contributed by atoms with Gasteiger partial charge in [-0.2, -0.15) is 0 Å². The molecule has 4 nitrogen and oxygen atoms in total. The molecule has 0 amide bonds. The molecule has 0 saturated heterocycles. The summed E-state index contributed by atoms with van der Waals surface area (Å²) in [6.45, 7) is 6.81. The predicted molar refractivity (Wildman–Crippen MR) is 128 cm³/mol. The lowest BCUT2D eigenvalue weighted by Crippen LogP contribution is -2.11. The molecule has 0 unspecified atom stereocenters. The highest BCUT2D eigenvalue weighted by Crippen LogP contribution is 2.20. The van der Waals surface area contributed by atoms with Crippen molar-refractivity contribution < 1.29 is 9.53 Å². The highest BCUT2D eigenvalue weighted by atomic mass is 16.5. The van der Waals surface area contributed by atoms with E-state index in [-0.39, 0.29) is 12.4 Å². The molecule has 0 spiro atoms. The van der Waals surface area contributed by atoms with Crippen LogP contribution in [-0.4, -0.2) is 22.4 Å². The Labute approximate surface area is 188 Å². The smallest absolute Gasteiger partial charge is 0.170 e. The lowest BCUT2D eigenvalue weighted by molar-refractivity contribution is -0.121. The molecule has 1 aromatic heterocycles. The van der Waals surface area contributed by atoms with Crippen molar-refractivity contribution >= 4 is 5.78 Å². The average Bonchev–Trinajstić information content (AvgIpc) is 2.80. The van der Waals surface area contributed by atoms with Crippen LogP contribution in [0.25, 0.3) is 11.4 Å². The van der Waals surface area contributed by atoms with E-state index in [9.17, 15) is 4.79 Å². The van der Waals surface area contributed by atoms with Crippen molar-refractivity contribution in [2.75, 3.05) is 6.61 Å². The summed E-state index contributed by atoms with van der Waals surface area (Å²) in [7, 11) is 0. The van der Waals surface area contributed by atoms with Crippen LogP contribution in [0.2, 0.25) is 0 Å². The number of carbonyl (C=O) groups is 1. The molecule has 1 aromatic carbocycles. The van der Waals surface area contributed by atoms with Gasteiger partial charge in [-0.3, -0.25) is 4.79 Å². The number of nitrogens with zero attached hydrogens (tertiary/aromatic N) is 2. The summed E-state index contributed by atoms with van der Waals surface area (Å²) < 4.78 is 5.65. The van der Waals surface area contributed by atoms with Crippen molar-refractivity contribution in [2.24, 2.45) is 5.92 Å². The highest BCUT2D eigenvalue weighted by Gasteiger charge is 2.07. The van der Waals surface area contributed by atoms with E-state index in [1.165, 1.54) is 50.5 Å². The van der Waals surface area contributed by atoms with Gasteiger partial charge in [0.25, 0.3) is 0 Å². The Morgan fingerprint density at radius 2 is 1.61 bits per heavy atom. The maximum Gasteiger partial charge on any atom is 0.170 e. The minimum Gasteiger partial charge on any atom is -0.486 e. The van der Waals surface area contributed by atoms with Crippen LogP contribution in [0.4, 0.5) is 0 Å². The van der Waals surface area contributed by atoms with E-state index < -0.39 is 0 Å². The summed E-state index contributed by atoms with van der Waals surface area (Å²) in [5.41, 5.74) is 2.16. The SMILES string of the molecule is CCCCCCCCc1cnc(-c2ccc(OCC(=O)CCC[C@@H](C)CC)cc2)nc1. The second-order valence-electron chi connectivity index (χ2n) is 8.69. The number of carbonyl (C=O) groups excluding carboxylic acids is 1.